The minimum absolute atomic E-state index is 0.395. The zero-order valence-corrected chi connectivity index (χ0v) is 6.71. The van der Waals surface area contributed by atoms with Crippen molar-refractivity contribution in [3.8, 4) is 0 Å². The van der Waals surface area contributed by atoms with E-state index >= 15 is 0 Å². The molecule has 0 spiro atoms. The highest BCUT2D eigenvalue weighted by Gasteiger charge is 1.88. The van der Waals surface area contributed by atoms with Gasteiger partial charge < -0.3 is 20.9 Å². The Labute approximate surface area is 67.1 Å². The van der Waals surface area contributed by atoms with Crippen LogP contribution in [0.1, 0.15) is 0 Å². The van der Waals surface area contributed by atoms with Crippen LogP contribution in [0, 0.1) is 0 Å². The smallest absolute Gasteiger partial charge is 0.0855 e. The molecule has 0 atom stereocenters. The molecule has 4 N–H and O–H groups in total. The molecule has 0 unspecified atom stereocenters. The number of rotatable bonds is 7. The Morgan fingerprint density at radius 1 is 1.18 bits per heavy atom. The van der Waals surface area contributed by atoms with Crippen molar-refractivity contribution in [2.75, 3.05) is 33.0 Å². The van der Waals surface area contributed by atoms with Crippen molar-refractivity contribution in [3.63, 3.8) is 0 Å². The highest BCUT2D eigenvalue weighted by molar-refractivity contribution is 4.84. The molecule has 0 bridgehead atoms. The van der Waals surface area contributed by atoms with Crippen LogP contribution in [-0.2, 0) is 9.47 Å². The molecule has 4 nitrogen and oxygen atoms in total. The summed E-state index contributed by atoms with van der Waals surface area (Å²) in [6.45, 7) is 6.10. The van der Waals surface area contributed by atoms with E-state index in [0.29, 0.717) is 38.7 Å². The maximum absolute atomic E-state index is 5.25. The minimum atomic E-state index is 0.395. The largest absolute Gasteiger partial charge is 0.401 e. The minimum Gasteiger partial charge on any atom is -0.401 e. The summed E-state index contributed by atoms with van der Waals surface area (Å²) in [4.78, 5) is 0. The van der Waals surface area contributed by atoms with Crippen LogP contribution in [0.4, 0.5) is 0 Å². The molecule has 0 saturated heterocycles. The lowest BCUT2D eigenvalue weighted by Crippen LogP contribution is -2.13. The molecule has 0 fully saturated rings. The summed E-state index contributed by atoms with van der Waals surface area (Å²) in [5.41, 5.74) is 11.0. The molecular formula is C7H16N2O2. The second kappa shape index (κ2) is 7.53. The third kappa shape index (κ3) is 9.42. The molecule has 0 aliphatic carbocycles. The van der Waals surface area contributed by atoms with Gasteiger partial charge in [-0.05, 0) is 0 Å². The zero-order chi connectivity index (χ0) is 8.53. The maximum atomic E-state index is 5.25. The molecule has 0 aliphatic heterocycles. The van der Waals surface area contributed by atoms with E-state index in [0.717, 1.165) is 0 Å². The Morgan fingerprint density at radius 3 is 2.36 bits per heavy atom. The van der Waals surface area contributed by atoms with Gasteiger partial charge in [-0.1, -0.05) is 6.58 Å². The van der Waals surface area contributed by atoms with Gasteiger partial charge >= 0.3 is 0 Å². The zero-order valence-electron chi connectivity index (χ0n) is 6.71. The van der Waals surface area contributed by atoms with Crippen molar-refractivity contribution in [2.45, 2.75) is 0 Å². The Kier molecular flexibility index (Phi) is 7.13. The van der Waals surface area contributed by atoms with Crippen LogP contribution in [0.15, 0.2) is 12.3 Å². The molecule has 0 heterocycles. The Balaban J connectivity index is 2.85. The third-order valence-electron chi connectivity index (χ3n) is 0.922. The molecule has 4 heteroatoms. The van der Waals surface area contributed by atoms with Crippen molar-refractivity contribution in [1.29, 1.82) is 0 Å². The molecule has 0 saturated carbocycles. The first-order valence-corrected chi connectivity index (χ1v) is 3.56. The number of hydrogen-bond acceptors (Lipinski definition) is 4. The van der Waals surface area contributed by atoms with Crippen LogP contribution in [0.3, 0.4) is 0 Å². The summed E-state index contributed by atoms with van der Waals surface area (Å²) in [7, 11) is 0. The standard InChI is InChI=1S/C7H16N2O2/c1-7(9)6-11-5-4-10-3-2-8/h1-6,8-9H2. The molecule has 11 heavy (non-hydrogen) atoms. The van der Waals surface area contributed by atoms with Crippen LogP contribution in [0.25, 0.3) is 0 Å². The van der Waals surface area contributed by atoms with Crippen molar-refractivity contribution >= 4 is 0 Å². The first-order chi connectivity index (χ1) is 5.27. The van der Waals surface area contributed by atoms with Gasteiger partial charge in [-0.2, -0.15) is 0 Å². The molecule has 0 aliphatic rings. The fourth-order valence-electron chi connectivity index (χ4n) is 0.507. The summed E-state index contributed by atoms with van der Waals surface area (Å²) in [6, 6.07) is 0. The van der Waals surface area contributed by atoms with Crippen LogP contribution in [0.5, 0.6) is 0 Å². The molecule has 0 aromatic heterocycles. The molecule has 0 radical (unpaired) electrons. The Morgan fingerprint density at radius 2 is 1.82 bits per heavy atom. The van der Waals surface area contributed by atoms with E-state index in [2.05, 4.69) is 6.58 Å². The molecule has 0 amide bonds. The van der Waals surface area contributed by atoms with Crippen molar-refractivity contribution in [3.05, 3.63) is 12.3 Å². The predicted molar refractivity (Wildman–Crippen MR) is 44.0 cm³/mol. The second-order valence-electron chi connectivity index (χ2n) is 2.11. The Hall–Kier alpha value is -0.580. The molecule has 0 rings (SSSR count). The lowest BCUT2D eigenvalue weighted by Gasteiger charge is -2.03. The summed E-state index contributed by atoms with van der Waals surface area (Å²) >= 11 is 0. The van der Waals surface area contributed by atoms with Gasteiger partial charge in [0, 0.05) is 12.2 Å². The average Bonchev–Trinajstić information content (AvgIpc) is 1.96. The second-order valence-corrected chi connectivity index (χ2v) is 2.11. The van der Waals surface area contributed by atoms with E-state index in [1.165, 1.54) is 0 Å². The van der Waals surface area contributed by atoms with Crippen molar-refractivity contribution in [2.24, 2.45) is 11.5 Å². The van der Waals surface area contributed by atoms with E-state index in [4.69, 9.17) is 20.9 Å². The number of hydrogen-bond donors (Lipinski definition) is 2. The van der Waals surface area contributed by atoms with E-state index in [9.17, 15) is 0 Å². The summed E-state index contributed by atoms with van der Waals surface area (Å²) in [5, 5.41) is 0. The van der Waals surface area contributed by atoms with Gasteiger partial charge in [-0.15, -0.1) is 0 Å². The summed E-state index contributed by atoms with van der Waals surface area (Å²) in [5.74, 6) is 0. The van der Waals surface area contributed by atoms with Crippen LogP contribution < -0.4 is 11.5 Å². The monoisotopic (exact) mass is 160 g/mol. The highest BCUT2D eigenvalue weighted by atomic mass is 16.5. The summed E-state index contributed by atoms with van der Waals surface area (Å²) < 4.78 is 10.1. The Bertz CT molecular complexity index is 107. The van der Waals surface area contributed by atoms with Gasteiger partial charge in [0.05, 0.1) is 26.4 Å². The van der Waals surface area contributed by atoms with E-state index < -0.39 is 0 Å². The molecule has 66 valence electrons. The highest BCUT2D eigenvalue weighted by Crippen LogP contribution is 1.81. The van der Waals surface area contributed by atoms with Crippen LogP contribution in [0.2, 0.25) is 0 Å². The topological polar surface area (TPSA) is 70.5 Å². The summed E-state index contributed by atoms with van der Waals surface area (Å²) in [6.07, 6.45) is 0. The fraction of sp³-hybridized carbons (Fsp3) is 0.714. The van der Waals surface area contributed by atoms with Crippen LogP contribution >= 0.6 is 0 Å². The number of ether oxygens (including phenoxy) is 2. The van der Waals surface area contributed by atoms with Crippen molar-refractivity contribution in [1.82, 2.24) is 0 Å². The quantitative estimate of drug-likeness (QED) is 0.490. The molecular weight excluding hydrogens is 144 g/mol. The van der Waals surface area contributed by atoms with E-state index in [1.54, 1.807) is 0 Å². The van der Waals surface area contributed by atoms with E-state index in [1.807, 2.05) is 0 Å². The van der Waals surface area contributed by atoms with Gasteiger partial charge in [0.25, 0.3) is 0 Å². The third-order valence-corrected chi connectivity index (χ3v) is 0.922. The van der Waals surface area contributed by atoms with Gasteiger partial charge in [-0.25, -0.2) is 0 Å². The average molecular weight is 160 g/mol. The fourth-order valence-corrected chi connectivity index (χ4v) is 0.507. The lowest BCUT2D eigenvalue weighted by molar-refractivity contribution is 0.0594. The molecule has 0 aromatic carbocycles. The first-order valence-electron chi connectivity index (χ1n) is 3.56. The van der Waals surface area contributed by atoms with Crippen molar-refractivity contribution < 1.29 is 9.47 Å². The maximum Gasteiger partial charge on any atom is 0.0855 e. The predicted octanol–water partition coefficient (Wildman–Crippen LogP) is -0.549. The van der Waals surface area contributed by atoms with E-state index in [-0.39, 0.29) is 0 Å². The van der Waals surface area contributed by atoms with Gasteiger partial charge in [0.2, 0.25) is 0 Å². The lowest BCUT2D eigenvalue weighted by atomic mass is 10.5. The molecule has 0 aromatic rings. The first kappa shape index (κ1) is 10.4. The van der Waals surface area contributed by atoms with Gasteiger partial charge in [0.15, 0.2) is 0 Å². The normalized spacial score (nSPS) is 9.91. The SMILES string of the molecule is C=C(N)COCCOCCN. The number of nitrogens with two attached hydrogens (primary N) is 2. The van der Waals surface area contributed by atoms with Gasteiger partial charge in [0.1, 0.15) is 0 Å². The van der Waals surface area contributed by atoms with Crippen LogP contribution in [-0.4, -0.2) is 33.0 Å². The van der Waals surface area contributed by atoms with Gasteiger partial charge in [-0.3, -0.25) is 0 Å².